The number of ether oxygens (including phenoxy) is 1. The smallest absolute Gasteiger partial charge is 0.146 e. The second kappa shape index (κ2) is 4.86. The Morgan fingerprint density at radius 2 is 2.06 bits per heavy atom. The van der Waals surface area contributed by atoms with Gasteiger partial charge >= 0.3 is 0 Å². The Morgan fingerprint density at radius 3 is 2.89 bits per heavy atom. The molecule has 0 unspecified atom stereocenters. The van der Waals surface area contributed by atoms with Crippen molar-refractivity contribution < 1.29 is 9.15 Å². The summed E-state index contributed by atoms with van der Waals surface area (Å²) in [4.78, 5) is 0. The monoisotopic (exact) mass is 243 g/mol. The number of hydrogen-bond acceptors (Lipinski definition) is 3. The van der Waals surface area contributed by atoms with Crippen molar-refractivity contribution in [2.75, 3.05) is 0 Å². The third-order valence-corrected chi connectivity index (χ3v) is 3.39. The van der Waals surface area contributed by atoms with E-state index in [-0.39, 0.29) is 0 Å². The van der Waals surface area contributed by atoms with Crippen LogP contribution in [0.15, 0.2) is 34.9 Å². The third kappa shape index (κ3) is 2.27. The van der Waals surface area contributed by atoms with E-state index in [1.165, 1.54) is 30.4 Å². The molecule has 18 heavy (non-hydrogen) atoms. The largest absolute Gasteiger partial charge is 0.486 e. The van der Waals surface area contributed by atoms with Crippen molar-refractivity contribution in [2.45, 2.75) is 32.4 Å². The summed E-state index contributed by atoms with van der Waals surface area (Å²) < 4.78 is 11.1. The molecule has 94 valence electrons. The Kier molecular flexibility index (Phi) is 3.07. The summed E-state index contributed by atoms with van der Waals surface area (Å²) in [5.41, 5.74) is 9.42. The van der Waals surface area contributed by atoms with Crippen LogP contribution in [-0.2, 0) is 26.0 Å². The summed E-state index contributed by atoms with van der Waals surface area (Å²) in [6.45, 7) is 0.959. The molecule has 3 nitrogen and oxygen atoms in total. The van der Waals surface area contributed by atoms with Crippen molar-refractivity contribution in [3.8, 4) is 5.75 Å². The number of benzene rings is 1. The van der Waals surface area contributed by atoms with Crippen LogP contribution >= 0.6 is 0 Å². The fraction of sp³-hybridized carbons (Fsp3) is 0.333. The van der Waals surface area contributed by atoms with Gasteiger partial charge in [0.25, 0.3) is 0 Å². The zero-order valence-electron chi connectivity index (χ0n) is 10.3. The van der Waals surface area contributed by atoms with Gasteiger partial charge in [-0.3, -0.25) is 0 Å². The van der Waals surface area contributed by atoms with Gasteiger partial charge in [-0.15, -0.1) is 0 Å². The summed E-state index contributed by atoms with van der Waals surface area (Å²) in [6.07, 6.45) is 5.32. The SMILES string of the molecule is NCc1coc(COc2ccc3c(c2)CCC3)c1. The second-order valence-electron chi connectivity index (χ2n) is 4.70. The van der Waals surface area contributed by atoms with Gasteiger partial charge in [0, 0.05) is 12.1 Å². The zero-order chi connectivity index (χ0) is 12.4. The Balaban J connectivity index is 1.66. The fourth-order valence-corrected chi connectivity index (χ4v) is 2.40. The zero-order valence-corrected chi connectivity index (χ0v) is 10.3. The molecule has 2 N–H and O–H groups in total. The van der Waals surface area contributed by atoms with Crippen LogP contribution in [0.1, 0.15) is 28.9 Å². The van der Waals surface area contributed by atoms with Crippen LogP contribution in [-0.4, -0.2) is 0 Å². The first-order valence-electron chi connectivity index (χ1n) is 6.36. The molecule has 0 radical (unpaired) electrons. The molecule has 3 rings (SSSR count). The van der Waals surface area contributed by atoms with Crippen LogP contribution in [0.4, 0.5) is 0 Å². The van der Waals surface area contributed by atoms with Crippen molar-refractivity contribution in [3.05, 3.63) is 53.0 Å². The lowest BCUT2D eigenvalue weighted by Gasteiger charge is -2.06. The molecule has 1 aromatic heterocycles. The number of aryl methyl sites for hydroxylation is 2. The van der Waals surface area contributed by atoms with Gasteiger partial charge in [0.15, 0.2) is 0 Å². The topological polar surface area (TPSA) is 48.4 Å². The van der Waals surface area contributed by atoms with Gasteiger partial charge in [0.1, 0.15) is 18.1 Å². The predicted molar refractivity (Wildman–Crippen MR) is 69.4 cm³/mol. The minimum absolute atomic E-state index is 0.457. The number of hydrogen-bond donors (Lipinski definition) is 1. The van der Waals surface area contributed by atoms with E-state index in [2.05, 4.69) is 12.1 Å². The van der Waals surface area contributed by atoms with Crippen molar-refractivity contribution in [3.63, 3.8) is 0 Å². The maximum absolute atomic E-state index is 5.74. The molecule has 1 aliphatic carbocycles. The lowest BCUT2D eigenvalue weighted by Crippen LogP contribution is -1.96. The highest BCUT2D eigenvalue weighted by Gasteiger charge is 2.11. The Labute approximate surface area is 107 Å². The van der Waals surface area contributed by atoms with Crippen LogP contribution in [0, 0.1) is 0 Å². The molecule has 2 aromatic rings. The van der Waals surface area contributed by atoms with Gasteiger partial charge in [-0.1, -0.05) is 6.07 Å². The quantitative estimate of drug-likeness (QED) is 0.898. The van der Waals surface area contributed by atoms with Gasteiger partial charge in [-0.25, -0.2) is 0 Å². The third-order valence-electron chi connectivity index (χ3n) is 3.39. The van der Waals surface area contributed by atoms with Crippen LogP contribution in [0.25, 0.3) is 0 Å². The van der Waals surface area contributed by atoms with E-state index in [0.29, 0.717) is 13.2 Å². The average molecular weight is 243 g/mol. The number of fused-ring (bicyclic) bond motifs is 1. The molecule has 0 saturated carbocycles. The first-order valence-corrected chi connectivity index (χ1v) is 6.36. The van der Waals surface area contributed by atoms with E-state index in [1.54, 1.807) is 6.26 Å². The average Bonchev–Trinajstić information content (AvgIpc) is 3.04. The van der Waals surface area contributed by atoms with Crippen LogP contribution in [0.5, 0.6) is 5.75 Å². The van der Waals surface area contributed by atoms with Crippen LogP contribution in [0.2, 0.25) is 0 Å². The van der Waals surface area contributed by atoms with Crippen molar-refractivity contribution in [1.29, 1.82) is 0 Å². The Bertz CT molecular complexity index is 545. The summed E-state index contributed by atoms with van der Waals surface area (Å²) in [6, 6.07) is 8.30. The molecule has 0 aliphatic heterocycles. The molecule has 0 fully saturated rings. The highest BCUT2D eigenvalue weighted by molar-refractivity contribution is 5.38. The minimum Gasteiger partial charge on any atom is -0.486 e. The number of rotatable bonds is 4. The molecule has 1 aromatic carbocycles. The van der Waals surface area contributed by atoms with Crippen molar-refractivity contribution in [1.82, 2.24) is 0 Å². The Hall–Kier alpha value is -1.74. The van der Waals surface area contributed by atoms with Gasteiger partial charge in [-0.2, -0.15) is 0 Å². The molecule has 0 saturated heterocycles. The number of furan rings is 1. The van der Waals surface area contributed by atoms with E-state index in [1.807, 2.05) is 12.1 Å². The van der Waals surface area contributed by atoms with E-state index in [4.69, 9.17) is 14.9 Å². The summed E-state index contributed by atoms with van der Waals surface area (Å²) in [5.74, 6) is 1.73. The van der Waals surface area contributed by atoms with Gasteiger partial charge < -0.3 is 14.9 Å². The fourth-order valence-electron chi connectivity index (χ4n) is 2.40. The number of nitrogens with two attached hydrogens (primary N) is 1. The lowest BCUT2D eigenvalue weighted by molar-refractivity contribution is 0.270. The molecule has 0 amide bonds. The van der Waals surface area contributed by atoms with Crippen molar-refractivity contribution >= 4 is 0 Å². The lowest BCUT2D eigenvalue weighted by atomic mass is 10.1. The van der Waals surface area contributed by atoms with Crippen LogP contribution < -0.4 is 10.5 Å². The Morgan fingerprint density at radius 1 is 1.17 bits per heavy atom. The first-order chi connectivity index (χ1) is 8.85. The highest BCUT2D eigenvalue weighted by atomic mass is 16.5. The summed E-state index contributed by atoms with van der Waals surface area (Å²) in [7, 11) is 0. The highest BCUT2D eigenvalue weighted by Crippen LogP contribution is 2.26. The van der Waals surface area contributed by atoms with Gasteiger partial charge in [0.2, 0.25) is 0 Å². The van der Waals surface area contributed by atoms with Crippen molar-refractivity contribution in [2.24, 2.45) is 5.73 Å². The molecule has 0 spiro atoms. The molecule has 0 atom stereocenters. The van der Waals surface area contributed by atoms with Crippen LogP contribution in [0.3, 0.4) is 0 Å². The van der Waals surface area contributed by atoms with E-state index >= 15 is 0 Å². The van der Waals surface area contributed by atoms with E-state index in [9.17, 15) is 0 Å². The summed E-state index contributed by atoms with van der Waals surface area (Å²) >= 11 is 0. The van der Waals surface area contributed by atoms with E-state index in [0.717, 1.165) is 17.1 Å². The maximum atomic E-state index is 5.74. The molecular weight excluding hydrogens is 226 g/mol. The van der Waals surface area contributed by atoms with E-state index < -0.39 is 0 Å². The normalized spacial score (nSPS) is 13.6. The summed E-state index contributed by atoms with van der Waals surface area (Å²) in [5, 5.41) is 0. The van der Waals surface area contributed by atoms with Gasteiger partial charge in [-0.05, 0) is 48.6 Å². The maximum Gasteiger partial charge on any atom is 0.146 e. The standard InChI is InChI=1S/C15H17NO2/c16-8-11-6-15(17-9-11)10-18-14-5-4-12-2-1-3-13(12)7-14/h4-7,9H,1-3,8,10,16H2. The minimum atomic E-state index is 0.457. The van der Waals surface area contributed by atoms with Gasteiger partial charge in [0.05, 0.1) is 6.26 Å². The molecule has 0 bridgehead atoms. The molecular formula is C15H17NO2. The molecule has 1 heterocycles. The second-order valence-corrected chi connectivity index (χ2v) is 4.70. The molecule has 3 heteroatoms. The molecule has 1 aliphatic rings. The first kappa shape index (κ1) is 11.4. The predicted octanol–water partition coefficient (Wildman–Crippen LogP) is 2.81.